The minimum absolute atomic E-state index is 0.334. The van der Waals surface area contributed by atoms with E-state index in [2.05, 4.69) is 442 Å². The lowest BCUT2D eigenvalue weighted by Crippen LogP contribution is -2.41. The third kappa shape index (κ3) is 14.9. The first-order chi connectivity index (χ1) is 53.3. The fourth-order valence-electron chi connectivity index (χ4n) is 14.7. The van der Waals surface area contributed by atoms with E-state index in [0.717, 1.165) is 5.46 Å². The quantitative estimate of drug-likeness (QED) is 0.114. The molecule has 19 rings (SSSR count). The van der Waals surface area contributed by atoms with Crippen LogP contribution in [-0.4, -0.2) is 18.3 Å². The fraction of sp³-hybridized carbons (Fsp3) is 0.0588. The maximum atomic E-state index is 6.20. The van der Waals surface area contributed by atoms with Crippen LogP contribution < -0.4 is 5.46 Å². The summed E-state index contributed by atoms with van der Waals surface area (Å²) < 4.78 is 20.0. The van der Waals surface area contributed by atoms with Crippen LogP contribution in [0.3, 0.4) is 0 Å². The lowest BCUT2D eigenvalue weighted by Gasteiger charge is -2.32. The van der Waals surface area contributed by atoms with Crippen molar-refractivity contribution >= 4 is 107 Å². The van der Waals surface area contributed by atoms with Gasteiger partial charge in [-0.15, -0.1) is 22.7 Å². The van der Waals surface area contributed by atoms with Gasteiger partial charge in [0, 0.05) is 49.3 Å². The summed E-state index contributed by atoms with van der Waals surface area (Å²) in [5.41, 5.74) is 27.3. The molecule has 0 radical (unpaired) electrons. The minimum atomic E-state index is -0.337. The average Bonchev–Trinajstić information content (AvgIpc) is 1.62. The molecule has 2 nitrogen and oxygen atoms in total. The maximum Gasteiger partial charge on any atom is 0.494 e. The number of rotatable bonds is 12. The van der Waals surface area contributed by atoms with Crippen molar-refractivity contribution in [3.8, 4) is 122 Å². The first-order valence-electron chi connectivity index (χ1n) is 37.0. The third-order valence-corrected chi connectivity index (χ3v) is 25.7. The van der Waals surface area contributed by atoms with Gasteiger partial charge >= 0.3 is 7.12 Å². The molecule has 0 atom stereocenters. The highest BCUT2D eigenvalue weighted by atomic mass is 79.9. The predicted octanol–water partition coefficient (Wildman–Crippen LogP) is 30.0. The second-order valence-electron chi connectivity index (χ2n) is 28.7. The molecular formula is C102H75BBr2O2S2. The summed E-state index contributed by atoms with van der Waals surface area (Å²) in [5.74, 6) is 0. The molecule has 16 aromatic carbocycles. The zero-order valence-corrected chi connectivity index (χ0v) is 65.6. The summed E-state index contributed by atoms with van der Waals surface area (Å²) in [6.07, 6.45) is 0. The number of thiophene rings is 2. The molecule has 0 amide bonds. The van der Waals surface area contributed by atoms with Gasteiger partial charge in [0.05, 0.1) is 11.2 Å². The lowest BCUT2D eigenvalue weighted by molar-refractivity contribution is 0.00578. The van der Waals surface area contributed by atoms with Crippen molar-refractivity contribution < 1.29 is 9.31 Å². The normalized spacial score (nSPS) is 12.9. The number of hydrogen-bond donors (Lipinski definition) is 0. The van der Waals surface area contributed by atoms with Crippen molar-refractivity contribution in [3.05, 3.63) is 391 Å². The number of hydrogen-bond acceptors (Lipinski definition) is 4. The predicted molar refractivity (Wildman–Crippen MR) is 476 cm³/mol. The molecule has 0 bridgehead atoms. The van der Waals surface area contributed by atoms with Crippen LogP contribution >= 0.6 is 54.5 Å². The molecule has 109 heavy (non-hydrogen) atoms. The van der Waals surface area contributed by atoms with E-state index in [9.17, 15) is 0 Å². The van der Waals surface area contributed by atoms with E-state index in [1.807, 2.05) is 22.7 Å². The highest BCUT2D eigenvalue weighted by molar-refractivity contribution is 9.11. The molecule has 1 aliphatic heterocycles. The van der Waals surface area contributed by atoms with Gasteiger partial charge in [0.2, 0.25) is 0 Å². The monoisotopic (exact) mass is 1560 g/mol. The Morgan fingerprint density at radius 1 is 0.211 bits per heavy atom. The van der Waals surface area contributed by atoms with Crippen LogP contribution in [0.2, 0.25) is 0 Å². The first kappa shape index (κ1) is 70.9. The Morgan fingerprint density at radius 3 is 0.716 bits per heavy atom. The SMILES string of the molecule is Brc1cccc2c1sc1c(Br)cccc12.CC1(C)OB(c2ccc(-c3cccc(-c4cccc(-c5ccccc5)c4)c3)cc2)OC1(C)C.c1ccc(-c2cccc(-c3cccc(-c4ccc(-c5cccc6c5sc5c(-c7ccc(-c8cccc(-c9cccc(-c%10ccccc%10)c9)c8)cc7)cccc56)cc4)c3)c2)cc1. The van der Waals surface area contributed by atoms with Crippen LogP contribution in [0.15, 0.2) is 391 Å². The van der Waals surface area contributed by atoms with E-state index in [0.29, 0.717) is 0 Å². The highest BCUT2D eigenvalue weighted by Crippen LogP contribution is 2.46. The maximum absolute atomic E-state index is 6.20. The third-order valence-electron chi connectivity index (χ3n) is 21.3. The zero-order valence-electron chi connectivity index (χ0n) is 60.8. The molecular weight excluding hydrogens is 1490 g/mol. The van der Waals surface area contributed by atoms with Gasteiger partial charge < -0.3 is 9.31 Å². The topological polar surface area (TPSA) is 18.5 Å². The molecule has 18 aromatic rings. The van der Waals surface area contributed by atoms with E-state index >= 15 is 0 Å². The van der Waals surface area contributed by atoms with Gasteiger partial charge in [-0.1, -0.05) is 334 Å². The van der Waals surface area contributed by atoms with Crippen molar-refractivity contribution in [2.24, 2.45) is 0 Å². The highest BCUT2D eigenvalue weighted by Gasteiger charge is 2.51. The molecule has 524 valence electrons. The number of halogens is 2. The molecule has 0 unspecified atom stereocenters. The zero-order chi connectivity index (χ0) is 74.0. The summed E-state index contributed by atoms with van der Waals surface area (Å²) in [7, 11) is -0.337. The molecule has 7 heteroatoms. The molecule has 0 aliphatic carbocycles. The Balaban J connectivity index is 0.000000149. The van der Waals surface area contributed by atoms with E-state index in [4.69, 9.17) is 9.31 Å². The standard InChI is InChI=1S/C60H40S.C30H29BO2.C12H6Br2S/c1-3-13-41(14-4-1)47-17-7-21-51(37-47)53-23-9-19-49(39-53)43-29-33-45(34-30-43)55-25-11-27-57-58-28-12-26-56(60(58)61-59(55)57)46-35-31-44(32-36-46)50-20-10-24-54(40-50)52-22-8-18-48(38-52)42-15-5-2-6-16-42;1-29(2)30(3,4)33-31(32-29)28-18-16-23(17-19-28)25-13-9-15-27(21-25)26-14-8-12-24(20-26)22-10-6-5-7-11-22;13-9-5-1-3-7-8-4-2-6-10(14)12(8)15-11(7)9/h1-40H;5-21H,1-4H3;1-6H. The largest absolute Gasteiger partial charge is 0.494 e. The van der Waals surface area contributed by atoms with Crippen molar-refractivity contribution in [2.45, 2.75) is 38.9 Å². The average molecular weight is 1570 g/mol. The Bertz CT molecular complexity index is 6010. The molecule has 0 saturated carbocycles. The van der Waals surface area contributed by atoms with Crippen molar-refractivity contribution in [3.63, 3.8) is 0 Å². The van der Waals surface area contributed by atoms with Crippen molar-refractivity contribution in [2.75, 3.05) is 0 Å². The van der Waals surface area contributed by atoms with Gasteiger partial charge in [-0.25, -0.2) is 0 Å². The van der Waals surface area contributed by atoms with Gasteiger partial charge in [0.25, 0.3) is 0 Å². The van der Waals surface area contributed by atoms with Gasteiger partial charge in [-0.05, 0) is 236 Å². The Labute approximate surface area is 663 Å². The van der Waals surface area contributed by atoms with Crippen LogP contribution in [0.1, 0.15) is 27.7 Å². The second-order valence-corrected chi connectivity index (χ2v) is 32.5. The number of benzene rings is 16. The summed E-state index contributed by atoms with van der Waals surface area (Å²) in [5, 5.41) is 5.26. The molecule has 1 saturated heterocycles. The molecule has 3 heterocycles. The second kappa shape index (κ2) is 30.9. The Kier molecular flexibility index (Phi) is 20.1. The first-order valence-corrected chi connectivity index (χ1v) is 40.2. The van der Waals surface area contributed by atoms with E-state index in [-0.39, 0.29) is 18.3 Å². The lowest BCUT2D eigenvalue weighted by atomic mass is 9.78. The van der Waals surface area contributed by atoms with Crippen LogP contribution in [0.4, 0.5) is 0 Å². The van der Waals surface area contributed by atoms with E-state index < -0.39 is 0 Å². The van der Waals surface area contributed by atoms with Gasteiger partial charge in [-0.2, -0.15) is 0 Å². The van der Waals surface area contributed by atoms with Gasteiger partial charge in [0.1, 0.15) is 0 Å². The summed E-state index contributed by atoms with van der Waals surface area (Å²) >= 11 is 10.9. The van der Waals surface area contributed by atoms with Gasteiger partial charge in [0.15, 0.2) is 0 Å². The van der Waals surface area contributed by atoms with Crippen LogP contribution in [0.25, 0.3) is 163 Å². The Morgan fingerprint density at radius 2 is 0.422 bits per heavy atom. The van der Waals surface area contributed by atoms with Crippen LogP contribution in [0, 0.1) is 0 Å². The smallest absolute Gasteiger partial charge is 0.399 e. The summed E-state index contributed by atoms with van der Waals surface area (Å²) in [6, 6.07) is 138. The van der Waals surface area contributed by atoms with Crippen LogP contribution in [-0.2, 0) is 9.31 Å². The summed E-state index contributed by atoms with van der Waals surface area (Å²) in [6.45, 7) is 8.33. The minimum Gasteiger partial charge on any atom is -0.399 e. The Hall–Kier alpha value is -11.1. The van der Waals surface area contributed by atoms with Gasteiger partial charge in [-0.3, -0.25) is 0 Å². The molecule has 0 N–H and O–H groups in total. The fourth-order valence-corrected chi connectivity index (χ4v) is 18.4. The van der Waals surface area contributed by atoms with E-state index in [1.54, 1.807) is 0 Å². The van der Waals surface area contributed by atoms with Crippen LogP contribution in [0.5, 0.6) is 0 Å². The number of fused-ring (bicyclic) bond motifs is 6. The summed E-state index contributed by atoms with van der Waals surface area (Å²) in [4.78, 5) is 0. The van der Waals surface area contributed by atoms with Crippen molar-refractivity contribution in [1.29, 1.82) is 0 Å². The molecule has 1 aliphatic rings. The molecule has 0 spiro atoms. The molecule has 2 aromatic heterocycles. The molecule has 1 fully saturated rings. The van der Waals surface area contributed by atoms with Crippen molar-refractivity contribution in [1.82, 2.24) is 0 Å². The van der Waals surface area contributed by atoms with E-state index in [1.165, 1.54) is 172 Å².